The maximum atomic E-state index is 13.2. The highest BCUT2D eigenvalue weighted by Gasteiger charge is 2.28. The molecule has 1 aliphatic rings. The molecule has 2 amide bonds. The van der Waals surface area contributed by atoms with Gasteiger partial charge in [0.2, 0.25) is 11.8 Å². The van der Waals surface area contributed by atoms with Crippen LogP contribution in [0.15, 0.2) is 48.5 Å². The number of benzene rings is 2. The lowest BCUT2D eigenvalue weighted by Gasteiger charge is -2.31. The van der Waals surface area contributed by atoms with Crippen LogP contribution in [0, 0.1) is 6.92 Å². The largest absolute Gasteiger partial charge is 0.352 e. The van der Waals surface area contributed by atoms with E-state index < -0.39 is 6.04 Å². The second-order valence-corrected chi connectivity index (χ2v) is 10.0. The molecular formula is C26H33ClN2O2S. The average Bonchev–Trinajstić information content (AvgIpc) is 2.80. The van der Waals surface area contributed by atoms with E-state index >= 15 is 0 Å². The van der Waals surface area contributed by atoms with Gasteiger partial charge in [-0.1, -0.05) is 67.3 Å². The quantitative estimate of drug-likeness (QED) is 0.505. The van der Waals surface area contributed by atoms with Gasteiger partial charge in [-0.15, -0.1) is 11.8 Å². The lowest BCUT2D eigenvalue weighted by Crippen LogP contribution is -2.50. The minimum Gasteiger partial charge on any atom is -0.352 e. The Morgan fingerprint density at radius 3 is 2.47 bits per heavy atom. The van der Waals surface area contributed by atoms with Crippen molar-refractivity contribution in [3.8, 4) is 0 Å². The Labute approximate surface area is 201 Å². The number of hydrogen-bond donors (Lipinski definition) is 1. The minimum absolute atomic E-state index is 0.0153. The van der Waals surface area contributed by atoms with Gasteiger partial charge in [0, 0.05) is 23.4 Å². The van der Waals surface area contributed by atoms with Crippen molar-refractivity contribution >= 4 is 35.2 Å². The summed E-state index contributed by atoms with van der Waals surface area (Å²) in [5.74, 6) is 0.985. The molecule has 2 aromatic carbocycles. The summed E-state index contributed by atoms with van der Waals surface area (Å²) in [5.41, 5.74) is 3.32. The highest BCUT2D eigenvalue weighted by atomic mass is 35.5. The van der Waals surface area contributed by atoms with Crippen LogP contribution in [0.2, 0.25) is 5.02 Å². The summed E-state index contributed by atoms with van der Waals surface area (Å²) in [5, 5.41) is 3.90. The van der Waals surface area contributed by atoms with E-state index in [0.717, 1.165) is 48.1 Å². The van der Waals surface area contributed by atoms with Crippen molar-refractivity contribution in [2.24, 2.45) is 0 Å². The fraction of sp³-hybridized carbons (Fsp3) is 0.462. The molecule has 0 aromatic heterocycles. The predicted molar refractivity (Wildman–Crippen MR) is 134 cm³/mol. The van der Waals surface area contributed by atoms with Gasteiger partial charge in [-0.05, 0) is 55.5 Å². The lowest BCUT2D eigenvalue weighted by molar-refractivity contribution is -0.139. The number of hydrogen-bond acceptors (Lipinski definition) is 3. The van der Waals surface area contributed by atoms with Crippen LogP contribution in [0.5, 0.6) is 0 Å². The standard InChI is InChI=1S/C26H33ClN2O2S/c1-19-8-6-7-9-22(19)16-29(20(2)26(31)28-24-10-4-3-5-11-24)25(30)18-32-17-21-12-14-23(27)15-13-21/h6-9,12-15,20,24H,3-5,10-11,16-18H2,1-2H3,(H,28,31). The Morgan fingerprint density at radius 1 is 1.09 bits per heavy atom. The van der Waals surface area contributed by atoms with Crippen molar-refractivity contribution in [2.75, 3.05) is 5.75 Å². The molecule has 4 nitrogen and oxygen atoms in total. The summed E-state index contributed by atoms with van der Waals surface area (Å²) >= 11 is 7.52. The first kappa shape index (κ1) is 24.7. The van der Waals surface area contributed by atoms with Crippen molar-refractivity contribution in [1.82, 2.24) is 10.2 Å². The summed E-state index contributed by atoms with van der Waals surface area (Å²) in [6.45, 7) is 4.32. The zero-order chi connectivity index (χ0) is 22.9. The number of rotatable bonds is 9. The highest BCUT2D eigenvalue weighted by molar-refractivity contribution is 7.99. The monoisotopic (exact) mass is 472 g/mol. The number of thioether (sulfide) groups is 1. The van der Waals surface area contributed by atoms with Gasteiger partial charge in [-0.3, -0.25) is 9.59 Å². The third-order valence-electron chi connectivity index (χ3n) is 6.13. The number of amides is 2. The molecule has 0 spiro atoms. The second-order valence-electron chi connectivity index (χ2n) is 8.59. The van der Waals surface area contributed by atoms with E-state index in [2.05, 4.69) is 5.32 Å². The van der Waals surface area contributed by atoms with Gasteiger partial charge in [-0.2, -0.15) is 0 Å². The number of carbonyl (C=O) groups excluding carboxylic acids is 2. The van der Waals surface area contributed by atoms with Gasteiger partial charge in [0.15, 0.2) is 0 Å². The zero-order valence-electron chi connectivity index (χ0n) is 19.0. The maximum Gasteiger partial charge on any atom is 0.242 e. The normalized spacial score (nSPS) is 15.2. The van der Waals surface area contributed by atoms with Crippen LogP contribution in [0.4, 0.5) is 0 Å². The van der Waals surface area contributed by atoms with E-state index in [1.807, 2.05) is 62.4 Å². The molecule has 1 atom stereocenters. The summed E-state index contributed by atoms with van der Waals surface area (Å²) in [6.07, 6.45) is 5.62. The van der Waals surface area contributed by atoms with Gasteiger partial charge in [0.05, 0.1) is 5.75 Å². The Hall–Kier alpha value is -1.98. The molecule has 0 saturated heterocycles. The number of aryl methyl sites for hydroxylation is 1. The van der Waals surface area contributed by atoms with Crippen LogP contribution < -0.4 is 5.32 Å². The molecular weight excluding hydrogens is 440 g/mol. The van der Waals surface area contributed by atoms with Crippen LogP contribution in [-0.4, -0.2) is 34.6 Å². The van der Waals surface area contributed by atoms with Crippen LogP contribution in [0.25, 0.3) is 0 Å². The molecule has 172 valence electrons. The van der Waals surface area contributed by atoms with E-state index in [0.29, 0.717) is 17.3 Å². The number of nitrogens with one attached hydrogen (secondary N) is 1. The van der Waals surface area contributed by atoms with E-state index in [4.69, 9.17) is 11.6 Å². The molecule has 0 radical (unpaired) electrons. The molecule has 1 saturated carbocycles. The predicted octanol–water partition coefficient (Wildman–Crippen LogP) is 5.75. The van der Waals surface area contributed by atoms with Gasteiger partial charge >= 0.3 is 0 Å². The molecule has 1 N–H and O–H groups in total. The molecule has 0 aliphatic heterocycles. The Bertz CT molecular complexity index is 897. The van der Waals surface area contributed by atoms with Gasteiger partial charge in [0.25, 0.3) is 0 Å². The highest BCUT2D eigenvalue weighted by Crippen LogP contribution is 2.20. The van der Waals surface area contributed by atoms with Crippen molar-refractivity contribution in [1.29, 1.82) is 0 Å². The molecule has 1 aliphatic carbocycles. The van der Waals surface area contributed by atoms with E-state index in [1.165, 1.54) is 6.42 Å². The van der Waals surface area contributed by atoms with Crippen LogP contribution >= 0.6 is 23.4 Å². The van der Waals surface area contributed by atoms with E-state index in [9.17, 15) is 9.59 Å². The number of nitrogens with zero attached hydrogens (tertiary/aromatic N) is 1. The number of halogens is 1. The third-order valence-corrected chi connectivity index (χ3v) is 7.37. The van der Waals surface area contributed by atoms with Crippen LogP contribution in [0.3, 0.4) is 0 Å². The van der Waals surface area contributed by atoms with Crippen LogP contribution in [0.1, 0.15) is 55.7 Å². The Balaban J connectivity index is 1.65. The van der Waals surface area contributed by atoms with Crippen molar-refractivity contribution < 1.29 is 9.59 Å². The number of carbonyl (C=O) groups is 2. The summed E-state index contributed by atoms with van der Waals surface area (Å²) < 4.78 is 0. The second kappa shape index (κ2) is 12.3. The Kier molecular flexibility index (Phi) is 9.49. The molecule has 1 fully saturated rings. The first-order valence-corrected chi connectivity index (χ1v) is 12.9. The third kappa shape index (κ3) is 7.28. The summed E-state index contributed by atoms with van der Waals surface area (Å²) in [7, 11) is 0. The zero-order valence-corrected chi connectivity index (χ0v) is 20.6. The molecule has 1 unspecified atom stereocenters. The van der Waals surface area contributed by atoms with Gasteiger partial charge < -0.3 is 10.2 Å². The van der Waals surface area contributed by atoms with E-state index in [-0.39, 0.29) is 17.9 Å². The first-order valence-electron chi connectivity index (χ1n) is 11.4. The molecule has 0 bridgehead atoms. The fourth-order valence-corrected chi connectivity index (χ4v) is 5.04. The molecule has 0 heterocycles. The van der Waals surface area contributed by atoms with Gasteiger partial charge in [0.1, 0.15) is 6.04 Å². The SMILES string of the molecule is Cc1ccccc1CN(C(=O)CSCc1ccc(Cl)cc1)C(C)C(=O)NC1CCCCC1. The van der Waals surface area contributed by atoms with Crippen molar-refractivity contribution in [2.45, 2.75) is 70.3 Å². The van der Waals surface area contributed by atoms with Crippen molar-refractivity contribution in [3.05, 3.63) is 70.2 Å². The maximum absolute atomic E-state index is 13.2. The first-order chi connectivity index (χ1) is 15.4. The topological polar surface area (TPSA) is 49.4 Å². The average molecular weight is 473 g/mol. The van der Waals surface area contributed by atoms with E-state index in [1.54, 1.807) is 16.7 Å². The molecule has 6 heteroatoms. The lowest BCUT2D eigenvalue weighted by atomic mass is 9.95. The molecule has 3 rings (SSSR count). The van der Waals surface area contributed by atoms with Crippen molar-refractivity contribution in [3.63, 3.8) is 0 Å². The Morgan fingerprint density at radius 2 is 1.78 bits per heavy atom. The smallest absolute Gasteiger partial charge is 0.242 e. The summed E-state index contributed by atoms with van der Waals surface area (Å²) in [4.78, 5) is 28.0. The fourth-order valence-electron chi connectivity index (χ4n) is 4.04. The summed E-state index contributed by atoms with van der Waals surface area (Å²) in [6, 6.07) is 15.4. The molecule has 2 aromatic rings. The van der Waals surface area contributed by atoms with Gasteiger partial charge in [-0.25, -0.2) is 0 Å². The van der Waals surface area contributed by atoms with Crippen LogP contribution in [-0.2, 0) is 21.9 Å². The minimum atomic E-state index is -0.514. The molecule has 32 heavy (non-hydrogen) atoms.